The average Bonchev–Trinajstić information content (AvgIpc) is 2.23. The molecular formula is C12H11NPd. The van der Waals surface area contributed by atoms with E-state index in [0.29, 0.717) is 18.0 Å². The predicted octanol–water partition coefficient (Wildman–Crippen LogP) is 1.30. The van der Waals surface area contributed by atoms with Crippen molar-refractivity contribution in [3.63, 3.8) is 0 Å². The maximum atomic E-state index is 5.88. The Morgan fingerprint density at radius 3 is 2.14 bits per heavy atom. The van der Waals surface area contributed by atoms with Crippen molar-refractivity contribution in [3.05, 3.63) is 54.6 Å². The van der Waals surface area contributed by atoms with Gasteiger partial charge >= 0.3 is 92.1 Å². The SMILES string of the molecule is Nc1cccc[c]1[Pd][c]1ccccc1. The molecule has 2 N–H and O–H groups in total. The molecule has 2 aromatic rings. The van der Waals surface area contributed by atoms with Gasteiger partial charge in [0.15, 0.2) is 0 Å². The van der Waals surface area contributed by atoms with Crippen molar-refractivity contribution in [2.45, 2.75) is 0 Å². The number of para-hydroxylation sites is 1. The molecule has 0 aliphatic rings. The van der Waals surface area contributed by atoms with Crippen LogP contribution in [0.2, 0.25) is 0 Å². The molecule has 0 fully saturated rings. The fourth-order valence-corrected chi connectivity index (χ4v) is 2.76. The third-order valence-electron chi connectivity index (χ3n) is 1.77. The van der Waals surface area contributed by atoms with E-state index in [1.165, 1.54) is 8.07 Å². The van der Waals surface area contributed by atoms with Crippen LogP contribution in [0.5, 0.6) is 0 Å². The van der Waals surface area contributed by atoms with E-state index in [2.05, 4.69) is 30.3 Å². The van der Waals surface area contributed by atoms with E-state index in [4.69, 9.17) is 5.73 Å². The van der Waals surface area contributed by atoms with E-state index in [-0.39, 0.29) is 0 Å². The van der Waals surface area contributed by atoms with Crippen LogP contribution < -0.4 is 13.8 Å². The van der Waals surface area contributed by atoms with Crippen LogP contribution in [-0.4, -0.2) is 0 Å². The van der Waals surface area contributed by atoms with Crippen LogP contribution in [0.1, 0.15) is 0 Å². The van der Waals surface area contributed by atoms with Crippen LogP contribution in [0.25, 0.3) is 0 Å². The molecule has 0 spiro atoms. The van der Waals surface area contributed by atoms with Gasteiger partial charge in [-0.05, 0) is 0 Å². The van der Waals surface area contributed by atoms with Gasteiger partial charge < -0.3 is 0 Å². The number of anilines is 1. The molecule has 0 radical (unpaired) electrons. The first-order chi connectivity index (χ1) is 6.86. The average molecular weight is 276 g/mol. The third kappa shape index (κ3) is 2.23. The Kier molecular flexibility index (Phi) is 2.98. The van der Waals surface area contributed by atoms with Gasteiger partial charge in [0.2, 0.25) is 0 Å². The maximum absolute atomic E-state index is 5.88. The molecule has 0 heterocycles. The first-order valence-corrected chi connectivity index (χ1v) is 5.90. The predicted molar refractivity (Wildman–Crippen MR) is 56.6 cm³/mol. The number of hydrogen-bond donors (Lipinski definition) is 1. The van der Waals surface area contributed by atoms with Gasteiger partial charge in [-0.15, -0.1) is 0 Å². The van der Waals surface area contributed by atoms with E-state index in [9.17, 15) is 0 Å². The first kappa shape index (κ1) is 9.46. The van der Waals surface area contributed by atoms with Crippen LogP contribution in [0.4, 0.5) is 5.69 Å². The number of nitrogen functional groups attached to an aromatic ring is 1. The van der Waals surface area contributed by atoms with E-state index in [1.54, 1.807) is 0 Å². The molecule has 14 heavy (non-hydrogen) atoms. The van der Waals surface area contributed by atoms with E-state index in [0.717, 1.165) is 5.69 Å². The Balaban J connectivity index is 2.24. The molecule has 0 bridgehead atoms. The Morgan fingerprint density at radius 2 is 1.43 bits per heavy atom. The molecule has 0 aromatic heterocycles. The standard InChI is InChI=1S/C6H6N.C6H5.Pd/c7-6-4-2-1-3-5-6;1-2-4-6-5-3-1;/h1-4H,7H2;1-5H;. The third-order valence-corrected chi connectivity index (χ3v) is 3.86. The molecule has 2 aromatic carbocycles. The Labute approximate surface area is 92.1 Å². The van der Waals surface area contributed by atoms with Gasteiger partial charge in [-0.3, -0.25) is 0 Å². The van der Waals surface area contributed by atoms with Gasteiger partial charge in [-0.25, -0.2) is 0 Å². The minimum atomic E-state index is 0.443. The zero-order valence-corrected chi connectivity index (χ0v) is 9.14. The molecular weight excluding hydrogens is 265 g/mol. The number of nitrogens with two attached hydrogens (primary N) is 1. The van der Waals surface area contributed by atoms with Gasteiger partial charge in [0.1, 0.15) is 0 Å². The van der Waals surface area contributed by atoms with Crippen LogP contribution >= 0.6 is 0 Å². The molecule has 0 aliphatic carbocycles. The number of rotatable bonds is 2. The van der Waals surface area contributed by atoms with Gasteiger partial charge in [0, 0.05) is 0 Å². The summed E-state index contributed by atoms with van der Waals surface area (Å²) < 4.78 is 2.59. The van der Waals surface area contributed by atoms with Crippen LogP contribution in [0, 0.1) is 0 Å². The van der Waals surface area contributed by atoms with Gasteiger partial charge in [0.05, 0.1) is 0 Å². The van der Waals surface area contributed by atoms with Crippen molar-refractivity contribution in [1.82, 2.24) is 0 Å². The summed E-state index contributed by atoms with van der Waals surface area (Å²) in [6.07, 6.45) is 0. The molecule has 0 amide bonds. The summed E-state index contributed by atoms with van der Waals surface area (Å²) in [6, 6.07) is 18.5. The summed E-state index contributed by atoms with van der Waals surface area (Å²) in [5.74, 6) is 0. The number of benzene rings is 2. The van der Waals surface area contributed by atoms with Gasteiger partial charge in [-0.1, -0.05) is 0 Å². The van der Waals surface area contributed by atoms with Crippen molar-refractivity contribution >= 4 is 13.8 Å². The topological polar surface area (TPSA) is 26.0 Å². The summed E-state index contributed by atoms with van der Waals surface area (Å²) in [5.41, 5.74) is 6.77. The normalized spacial score (nSPS) is 10.3. The Bertz CT molecular complexity index is 412. The molecule has 2 rings (SSSR count). The summed E-state index contributed by atoms with van der Waals surface area (Å²) in [4.78, 5) is 0. The van der Waals surface area contributed by atoms with Crippen molar-refractivity contribution < 1.29 is 18.0 Å². The molecule has 0 saturated carbocycles. The van der Waals surface area contributed by atoms with E-state index in [1.807, 2.05) is 24.3 Å². The van der Waals surface area contributed by atoms with Crippen LogP contribution in [-0.2, 0) is 18.0 Å². The monoisotopic (exact) mass is 275 g/mol. The van der Waals surface area contributed by atoms with Gasteiger partial charge in [-0.2, -0.15) is 0 Å². The van der Waals surface area contributed by atoms with E-state index < -0.39 is 0 Å². The molecule has 0 atom stereocenters. The van der Waals surface area contributed by atoms with Crippen molar-refractivity contribution in [3.8, 4) is 0 Å². The molecule has 0 saturated heterocycles. The summed E-state index contributed by atoms with van der Waals surface area (Å²) in [6.45, 7) is 0. The van der Waals surface area contributed by atoms with Crippen molar-refractivity contribution in [2.75, 3.05) is 5.73 Å². The van der Waals surface area contributed by atoms with Crippen molar-refractivity contribution in [2.24, 2.45) is 0 Å². The first-order valence-electron chi connectivity index (χ1n) is 4.34. The summed E-state index contributed by atoms with van der Waals surface area (Å²) in [5, 5.41) is 0. The molecule has 74 valence electrons. The van der Waals surface area contributed by atoms with Crippen LogP contribution in [0.3, 0.4) is 0 Å². The van der Waals surface area contributed by atoms with Gasteiger partial charge in [0.25, 0.3) is 0 Å². The summed E-state index contributed by atoms with van der Waals surface area (Å²) >= 11 is 0.443. The zero-order valence-electron chi connectivity index (χ0n) is 7.59. The second-order valence-electron chi connectivity index (χ2n) is 2.83. The Hall–Kier alpha value is -1.10. The van der Waals surface area contributed by atoms with Crippen LogP contribution in [0.15, 0.2) is 54.6 Å². The fraction of sp³-hybridized carbons (Fsp3) is 0. The second kappa shape index (κ2) is 4.41. The van der Waals surface area contributed by atoms with E-state index >= 15 is 0 Å². The zero-order chi connectivity index (χ0) is 9.80. The number of hydrogen-bond acceptors (Lipinski definition) is 1. The Morgan fingerprint density at radius 1 is 0.786 bits per heavy atom. The second-order valence-corrected chi connectivity index (χ2v) is 4.95. The molecule has 2 heteroatoms. The molecule has 0 aliphatic heterocycles. The quantitative estimate of drug-likeness (QED) is 0.649. The fourth-order valence-electron chi connectivity index (χ4n) is 1.09. The minimum absolute atomic E-state index is 0.443. The molecule has 1 nitrogen and oxygen atoms in total. The summed E-state index contributed by atoms with van der Waals surface area (Å²) in [7, 11) is 0. The van der Waals surface area contributed by atoms with Crippen molar-refractivity contribution in [1.29, 1.82) is 0 Å². The molecule has 0 unspecified atom stereocenters.